The number of nitrogens with one attached hydrogen (secondary N) is 4. The number of methoxy groups -OCH3 is 1. The Morgan fingerprint density at radius 3 is 1.92 bits per heavy atom. The molecule has 3 aromatic carbocycles. The summed E-state index contributed by atoms with van der Waals surface area (Å²) in [5.74, 6) is 0.649. The molecule has 36 heavy (non-hydrogen) atoms. The molecule has 1 aliphatic rings. The molecule has 4 amide bonds. The molecule has 0 saturated heterocycles. The molecule has 0 aromatic heterocycles. The first-order valence-electron chi connectivity index (χ1n) is 12.5. The van der Waals surface area contributed by atoms with Crippen molar-refractivity contribution in [3.8, 4) is 5.75 Å². The zero-order chi connectivity index (χ0) is 25.2. The normalized spacial score (nSPS) is 15.2. The van der Waals surface area contributed by atoms with Crippen LogP contribution in [0.25, 0.3) is 0 Å². The van der Waals surface area contributed by atoms with E-state index in [1.807, 2.05) is 72.8 Å². The maximum atomic E-state index is 13.1. The summed E-state index contributed by atoms with van der Waals surface area (Å²) >= 11 is 0. The van der Waals surface area contributed by atoms with Crippen molar-refractivity contribution < 1.29 is 14.3 Å². The predicted molar refractivity (Wildman–Crippen MR) is 142 cm³/mol. The molecule has 1 aliphatic carbocycles. The van der Waals surface area contributed by atoms with Gasteiger partial charge in [0.15, 0.2) is 0 Å². The van der Waals surface area contributed by atoms with Gasteiger partial charge in [0, 0.05) is 17.8 Å². The molecule has 0 unspecified atom stereocenters. The fourth-order valence-corrected chi connectivity index (χ4v) is 4.66. The van der Waals surface area contributed by atoms with Crippen LogP contribution in [0.4, 0.5) is 15.3 Å². The minimum atomic E-state index is -0.517. The van der Waals surface area contributed by atoms with Crippen LogP contribution in [-0.2, 0) is 0 Å². The highest BCUT2D eigenvalue weighted by Gasteiger charge is 2.29. The third-order valence-corrected chi connectivity index (χ3v) is 6.49. The number of urea groups is 2. The zero-order valence-electron chi connectivity index (χ0n) is 20.6. The second kappa shape index (κ2) is 12.6. The molecule has 1 fully saturated rings. The predicted octanol–water partition coefficient (Wildman–Crippen LogP) is 5.93. The molecule has 4 rings (SSSR count). The van der Waals surface area contributed by atoms with Crippen molar-refractivity contribution in [1.82, 2.24) is 16.0 Å². The van der Waals surface area contributed by atoms with Gasteiger partial charge in [-0.3, -0.25) is 0 Å². The number of ether oxygens (including phenoxy) is 1. The van der Waals surface area contributed by atoms with Crippen LogP contribution in [0.2, 0.25) is 0 Å². The Hall–Kier alpha value is -4.00. The van der Waals surface area contributed by atoms with Crippen molar-refractivity contribution in [1.29, 1.82) is 0 Å². The van der Waals surface area contributed by atoms with Crippen molar-refractivity contribution in [3.63, 3.8) is 0 Å². The van der Waals surface area contributed by atoms with Crippen LogP contribution >= 0.6 is 0 Å². The maximum absolute atomic E-state index is 13.1. The van der Waals surface area contributed by atoms with E-state index < -0.39 is 12.1 Å². The summed E-state index contributed by atoms with van der Waals surface area (Å²) < 4.78 is 5.26. The highest BCUT2D eigenvalue weighted by Crippen LogP contribution is 2.29. The number of carbonyl (C=O) groups is 2. The van der Waals surface area contributed by atoms with Gasteiger partial charge in [-0.05, 0) is 36.1 Å². The number of anilines is 1. The van der Waals surface area contributed by atoms with Crippen molar-refractivity contribution in [2.24, 2.45) is 0 Å². The first-order valence-corrected chi connectivity index (χ1v) is 12.5. The first kappa shape index (κ1) is 25.1. The Morgan fingerprint density at radius 1 is 0.750 bits per heavy atom. The molecular formula is C29H34N4O3. The second-order valence-electron chi connectivity index (χ2n) is 9.06. The molecule has 0 aliphatic heterocycles. The quantitative estimate of drug-likeness (QED) is 0.318. The maximum Gasteiger partial charge on any atom is 0.319 e. The van der Waals surface area contributed by atoms with Gasteiger partial charge < -0.3 is 26.0 Å². The average molecular weight is 487 g/mol. The lowest BCUT2D eigenvalue weighted by Crippen LogP contribution is -2.48. The van der Waals surface area contributed by atoms with E-state index in [-0.39, 0.29) is 18.1 Å². The number of carbonyl (C=O) groups excluding carboxylic acids is 2. The second-order valence-corrected chi connectivity index (χ2v) is 9.06. The van der Waals surface area contributed by atoms with Gasteiger partial charge >= 0.3 is 12.1 Å². The van der Waals surface area contributed by atoms with Gasteiger partial charge in [0.05, 0.1) is 19.2 Å². The Bertz CT molecular complexity index is 1120. The van der Waals surface area contributed by atoms with Gasteiger partial charge in [-0.2, -0.15) is 0 Å². The van der Waals surface area contributed by atoms with Crippen LogP contribution < -0.4 is 26.0 Å². The fraction of sp³-hybridized carbons (Fsp3) is 0.310. The van der Waals surface area contributed by atoms with Gasteiger partial charge in [-0.1, -0.05) is 86.0 Å². The lowest BCUT2D eigenvalue weighted by molar-refractivity contribution is 0.222. The molecule has 0 heterocycles. The minimum Gasteiger partial charge on any atom is -0.497 e. The van der Waals surface area contributed by atoms with Gasteiger partial charge in [0.25, 0.3) is 0 Å². The Labute approximate surface area is 212 Å². The van der Waals surface area contributed by atoms with E-state index in [1.54, 1.807) is 19.2 Å². The monoisotopic (exact) mass is 486 g/mol. The Balaban J connectivity index is 1.58. The van der Waals surface area contributed by atoms with E-state index in [4.69, 9.17) is 4.74 Å². The van der Waals surface area contributed by atoms with E-state index >= 15 is 0 Å². The van der Waals surface area contributed by atoms with E-state index in [0.717, 1.165) is 36.8 Å². The molecule has 7 heteroatoms. The number of amides is 4. The molecular weight excluding hydrogens is 452 g/mol. The summed E-state index contributed by atoms with van der Waals surface area (Å²) in [5.41, 5.74) is 2.38. The van der Waals surface area contributed by atoms with Crippen LogP contribution in [0.3, 0.4) is 0 Å². The Morgan fingerprint density at radius 2 is 1.33 bits per heavy atom. The third-order valence-electron chi connectivity index (χ3n) is 6.49. The topological polar surface area (TPSA) is 91.5 Å². The fourth-order valence-electron chi connectivity index (χ4n) is 4.66. The summed E-state index contributed by atoms with van der Waals surface area (Å²) in [5, 5.41) is 12.3. The van der Waals surface area contributed by atoms with Crippen LogP contribution in [0.1, 0.15) is 55.3 Å². The van der Waals surface area contributed by atoms with Gasteiger partial charge in [-0.25, -0.2) is 9.59 Å². The highest BCUT2D eigenvalue weighted by atomic mass is 16.5. The van der Waals surface area contributed by atoms with Crippen molar-refractivity contribution in [3.05, 3.63) is 96.1 Å². The average Bonchev–Trinajstić information content (AvgIpc) is 2.92. The van der Waals surface area contributed by atoms with Crippen molar-refractivity contribution in [2.45, 2.75) is 50.2 Å². The molecule has 188 valence electrons. The van der Waals surface area contributed by atoms with E-state index in [0.29, 0.717) is 11.4 Å². The lowest BCUT2D eigenvalue weighted by atomic mass is 9.93. The standard InChI is InChI=1S/C29H34N4O3/c1-36-25-19-11-18-24(20-25)31-29(35)33-27(22-14-7-3-8-15-22)26(21-12-5-2-6-13-21)32-28(34)30-23-16-9-4-10-17-23/h2-3,5-8,11-15,18-20,23,26-27H,4,9-10,16-17H2,1H3,(H2,30,32,34)(H2,31,33,35)/t26-,27-/m0/s1. The van der Waals surface area contributed by atoms with E-state index in [9.17, 15) is 9.59 Å². The molecule has 3 aromatic rings. The molecule has 2 atom stereocenters. The number of benzene rings is 3. The van der Waals surface area contributed by atoms with Crippen LogP contribution in [0, 0.1) is 0 Å². The number of rotatable bonds is 8. The molecule has 0 radical (unpaired) electrons. The summed E-state index contributed by atoms with van der Waals surface area (Å²) in [4.78, 5) is 26.3. The van der Waals surface area contributed by atoms with Gasteiger partial charge in [0.2, 0.25) is 0 Å². The first-order chi connectivity index (χ1) is 17.6. The third kappa shape index (κ3) is 7.01. The van der Waals surface area contributed by atoms with E-state index in [1.165, 1.54) is 6.42 Å². The summed E-state index contributed by atoms with van der Waals surface area (Å²) in [6, 6.07) is 25.1. The minimum absolute atomic E-state index is 0.176. The van der Waals surface area contributed by atoms with Crippen LogP contribution in [0.15, 0.2) is 84.9 Å². The smallest absolute Gasteiger partial charge is 0.319 e. The van der Waals surface area contributed by atoms with Crippen molar-refractivity contribution >= 4 is 17.7 Å². The Kier molecular flexibility index (Phi) is 8.81. The summed E-state index contributed by atoms with van der Waals surface area (Å²) in [6.07, 6.45) is 5.46. The molecule has 0 bridgehead atoms. The van der Waals surface area contributed by atoms with Gasteiger partial charge in [-0.15, -0.1) is 0 Å². The van der Waals surface area contributed by atoms with Gasteiger partial charge in [0.1, 0.15) is 5.75 Å². The molecule has 7 nitrogen and oxygen atoms in total. The van der Waals surface area contributed by atoms with Crippen LogP contribution in [-0.4, -0.2) is 25.2 Å². The summed E-state index contributed by atoms with van der Waals surface area (Å²) in [7, 11) is 1.58. The molecule has 1 saturated carbocycles. The molecule has 4 N–H and O–H groups in total. The lowest BCUT2D eigenvalue weighted by Gasteiger charge is -2.31. The SMILES string of the molecule is COc1cccc(NC(=O)N[C@@H](c2ccccc2)[C@@H](NC(=O)NC2CCCCC2)c2ccccc2)c1. The number of hydrogen-bond donors (Lipinski definition) is 4. The largest absolute Gasteiger partial charge is 0.497 e. The highest BCUT2D eigenvalue weighted by molar-refractivity contribution is 5.90. The van der Waals surface area contributed by atoms with E-state index in [2.05, 4.69) is 21.3 Å². The van der Waals surface area contributed by atoms with Crippen LogP contribution in [0.5, 0.6) is 5.75 Å². The zero-order valence-corrected chi connectivity index (χ0v) is 20.6. The summed E-state index contributed by atoms with van der Waals surface area (Å²) in [6.45, 7) is 0. The number of hydrogen-bond acceptors (Lipinski definition) is 3. The van der Waals surface area contributed by atoms with Crippen molar-refractivity contribution in [2.75, 3.05) is 12.4 Å². The molecule has 0 spiro atoms.